The van der Waals surface area contributed by atoms with Crippen LogP contribution in [0, 0.1) is 11.7 Å². The number of hydrogen-bond acceptors (Lipinski definition) is 5. The first-order chi connectivity index (χ1) is 15.0. The second-order valence-electron chi connectivity index (χ2n) is 7.75. The van der Waals surface area contributed by atoms with Gasteiger partial charge in [-0.05, 0) is 67.3 Å². The number of nitrogens with zero attached hydrogens (tertiary/aromatic N) is 4. The SMILES string of the molecule is O=C(Cn1nccn1)N1CCC2CC21C(=O)Nc1ccc(Oc2ccc(F)cc2)cc1. The van der Waals surface area contributed by atoms with E-state index in [0.717, 1.165) is 6.42 Å². The van der Waals surface area contributed by atoms with Crippen LogP contribution >= 0.6 is 0 Å². The van der Waals surface area contributed by atoms with Crippen molar-refractivity contribution in [2.75, 3.05) is 11.9 Å². The van der Waals surface area contributed by atoms with E-state index in [-0.39, 0.29) is 30.1 Å². The lowest BCUT2D eigenvalue weighted by Crippen LogP contribution is -2.49. The molecule has 0 radical (unpaired) electrons. The van der Waals surface area contributed by atoms with Gasteiger partial charge in [-0.3, -0.25) is 9.59 Å². The molecular weight excluding hydrogens is 401 g/mol. The maximum Gasteiger partial charge on any atom is 0.250 e. The Hall–Kier alpha value is -3.75. The molecule has 0 bridgehead atoms. The highest BCUT2D eigenvalue weighted by Gasteiger charge is 2.68. The molecule has 3 aromatic rings. The van der Waals surface area contributed by atoms with Gasteiger partial charge in [0.2, 0.25) is 5.91 Å². The number of nitrogens with one attached hydrogen (secondary N) is 1. The normalized spacial score (nSPS) is 21.5. The highest BCUT2D eigenvalue weighted by atomic mass is 19.1. The lowest BCUT2D eigenvalue weighted by Gasteiger charge is -2.27. The van der Waals surface area contributed by atoms with Crippen molar-refractivity contribution in [1.29, 1.82) is 0 Å². The Morgan fingerprint density at radius 1 is 1.06 bits per heavy atom. The molecule has 2 amide bonds. The zero-order valence-electron chi connectivity index (χ0n) is 16.6. The van der Waals surface area contributed by atoms with Crippen LogP contribution in [0.2, 0.25) is 0 Å². The number of hydrogen-bond donors (Lipinski definition) is 1. The fourth-order valence-electron chi connectivity index (χ4n) is 4.24. The van der Waals surface area contributed by atoms with Gasteiger partial charge in [0.25, 0.3) is 5.91 Å². The molecule has 1 N–H and O–H groups in total. The predicted octanol–water partition coefficient (Wildman–Crippen LogP) is 2.84. The lowest BCUT2D eigenvalue weighted by atomic mass is 10.1. The molecule has 2 aliphatic rings. The maximum atomic E-state index is 13.1. The molecule has 2 fully saturated rings. The minimum atomic E-state index is -0.784. The molecule has 1 aromatic heterocycles. The Bertz CT molecular complexity index is 1100. The highest BCUT2D eigenvalue weighted by molar-refractivity contribution is 6.03. The largest absolute Gasteiger partial charge is 0.457 e. The molecule has 1 saturated heterocycles. The highest BCUT2D eigenvalue weighted by Crippen LogP contribution is 2.56. The molecule has 158 valence electrons. The van der Waals surface area contributed by atoms with Gasteiger partial charge in [0.05, 0.1) is 12.4 Å². The van der Waals surface area contributed by atoms with Gasteiger partial charge in [-0.15, -0.1) is 0 Å². The molecule has 2 aromatic carbocycles. The van der Waals surface area contributed by atoms with Crippen molar-refractivity contribution < 1.29 is 18.7 Å². The van der Waals surface area contributed by atoms with Gasteiger partial charge in [-0.2, -0.15) is 15.0 Å². The van der Waals surface area contributed by atoms with Crippen molar-refractivity contribution in [3.63, 3.8) is 0 Å². The van der Waals surface area contributed by atoms with Crippen LogP contribution in [-0.4, -0.2) is 43.8 Å². The topological polar surface area (TPSA) is 89.4 Å². The van der Waals surface area contributed by atoms with Gasteiger partial charge >= 0.3 is 0 Å². The number of rotatable bonds is 6. The summed E-state index contributed by atoms with van der Waals surface area (Å²) in [5.74, 6) is 0.603. The fourth-order valence-corrected chi connectivity index (χ4v) is 4.24. The van der Waals surface area contributed by atoms with E-state index in [1.165, 1.54) is 29.3 Å². The Morgan fingerprint density at radius 3 is 2.35 bits per heavy atom. The quantitative estimate of drug-likeness (QED) is 0.661. The number of anilines is 1. The Labute approximate surface area is 177 Å². The number of fused-ring (bicyclic) bond motifs is 1. The zero-order chi connectivity index (χ0) is 21.4. The van der Waals surface area contributed by atoms with Crippen LogP contribution in [0.25, 0.3) is 0 Å². The Kier molecular flexibility index (Phi) is 4.65. The average molecular weight is 421 g/mol. The summed E-state index contributed by atoms with van der Waals surface area (Å²) in [6.07, 6.45) is 4.52. The molecule has 9 heteroatoms. The molecule has 2 unspecified atom stereocenters. The lowest BCUT2D eigenvalue weighted by molar-refractivity contribution is -0.139. The van der Waals surface area contributed by atoms with Gasteiger partial charge in [0, 0.05) is 12.2 Å². The van der Waals surface area contributed by atoms with Crippen LogP contribution in [0.15, 0.2) is 60.9 Å². The van der Waals surface area contributed by atoms with E-state index >= 15 is 0 Å². The van der Waals surface area contributed by atoms with E-state index in [9.17, 15) is 14.0 Å². The second kappa shape index (κ2) is 7.50. The summed E-state index contributed by atoms with van der Waals surface area (Å²) in [7, 11) is 0. The molecule has 8 nitrogen and oxygen atoms in total. The van der Waals surface area contributed by atoms with Crippen LogP contribution in [0.5, 0.6) is 11.5 Å². The smallest absolute Gasteiger partial charge is 0.250 e. The van der Waals surface area contributed by atoms with Crippen molar-refractivity contribution in [2.45, 2.75) is 24.9 Å². The van der Waals surface area contributed by atoms with Crippen LogP contribution in [0.1, 0.15) is 12.8 Å². The Balaban J connectivity index is 1.24. The average Bonchev–Trinajstić information content (AvgIpc) is 3.09. The van der Waals surface area contributed by atoms with Gasteiger partial charge in [0.1, 0.15) is 29.4 Å². The zero-order valence-corrected chi connectivity index (χ0v) is 16.6. The number of carbonyl (C=O) groups excluding carboxylic acids is 2. The summed E-state index contributed by atoms with van der Waals surface area (Å²) in [6, 6.07) is 12.7. The third-order valence-corrected chi connectivity index (χ3v) is 5.85. The van der Waals surface area contributed by atoms with Crippen LogP contribution in [-0.2, 0) is 16.1 Å². The van der Waals surface area contributed by atoms with Crippen LogP contribution < -0.4 is 10.1 Å². The summed E-state index contributed by atoms with van der Waals surface area (Å²) in [6.45, 7) is 0.576. The maximum absolute atomic E-state index is 13.1. The molecule has 1 saturated carbocycles. The molecular formula is C22H20FN5O3. The number of aromatic nitrogens is 3. The van der Waals surface area contributed by atoms with E-state index in [0.29, 0.717) is 30.2 Å². The van der Waals surface area contributed by atoms with Crippen molar-refractivity contribution in [3.8, 4) is 11.5 Å². The molecule has 31 heavy (non-hydrogen) atoms. The number of amides is 2. The number of carbonyl (C=O) groups is 2. The van der Waals surface area contributed by atoms with Crippen molar-refractivity contribution >= 4 is 17.5 Å². The van der Waals surface area contributed by atoms with Crippen molar-refractivity contribution in [1.82, 2.24) is 19.9 Å². The number of ether oxygens (including phenoxy) is 1. The molecule has 1 aliphatic carbocycles. The van der Waals surface area contributed by atoms with Gasteiger partial charge < -0.3 is 15.0 Å². The standard InChI is InChI=1S/C22H20FN5O3/c23-16-1-5-18(6-2-16)31-19-7-3-17(4-8-19)26-21(30)22-13-15(22)9-12-27(22)20(29)14-28-24-10-11-25-28/h1-8,10-11,15H,9,12-14H2,(H,26,30). The third-order valence-electron chi connectivity index (χ3n) is 5.85. The summed E-state index contributed by atoms with van der Waals surface area (Å²) in [5.41, 5.74) is -0.169. The van der Waals surface area contributed by atoms with E-state index in [1.807, 2.05) is 0 Å². The van der Waals surface area contributed by atoms with E-state index < -0.39 is 5.54 Å². The van der Waals surface area contributed by atoms with Crippen LogP contribution in [0.4, 0.5) is 10.1 Å². The van der Waals surface area contributed by atoms with E-state index in [2.05, 4.69) is 15.5 Å². The minimum Gasteiger partial charge on any atom is -0.457 e. The van der Waals surface area contributed by atoms with Gasteiger partial charge in [0.15, 0.2) is 0 Å². The van der Waals surface area contributed by atoms with Crippen LogP contribution in [0.3, 0.4) is 0 Å². The summed E-state index contributed by atoms with van der Waals surface area (Å²) < 4.78 is 18.7. The summed E-state index contributed by atoms with van der Waals surface area (Å²) >= 11 is 0. The number of likely N-dealkylation sites (tertiary alicyclic amines) is 1. The molecule has 0 spiro atoms. The molecule has 2 atom stereocenters. The Morgan fingerprint density at radius 2 is 1.71 bits per heavy atom. The van der Waals surface area contributed by atoms with Gasteiger partial charge in [-0.1, -0.05) is 0 Å². The third kappa shape index (κ3) is 3.63. The fraction of sp³-hybridized carbons (Fsp3) is 0.273. The molecule has 2 heterocycles. The summed E-state index contributed by atoms with van der Waals surface area (Å²) in [4.78, 5) is 28.8. The first-order valence-corrected chi connectivity index (χ1v) is 10.0. The van der Waals surface area contributed by atoms with E-state index in [1.54, 1.807) is 41.3 Å². The molecule has 5 rings (SSSR count). The van der Waals surface area contributed by atoms with E-state index in [4.69, 9.17) is 4.74 Å². The van der Waals surface area contributed by atoms with Crippen molar-refractivity contribution in [2.24, 2.45) is 5.92 Å². The number of piperidine rings is 1. The number of benzene rings is 2. The first kappa shape index (κ1) is 19.2. The van der Waals surface area contributed by atoms with Crippen molar-refractivity contribution in [3.05, 3.63) is 66.7 Å². The predicted molar refractivity (Wildman–Crippen MR) is 109 cm³/mol. The minimum absolute atomic E-state index is 0.0180. The number of halogens is 1. The summed E-state index contributed by atoms with van der Waals surface area (Å²) in [5, 5.41) is 10.9. The second-order valence-corrected chi connectivity index (χ2v) is 7.75. The molecule has 1 aliphatic heterocycles. The van der Waals surface area contributed by atoms with Gasteiger partial charge in [-0.25, -0.2) is 4.39 Å². The monoisotopic (exact) mass is 421 g/mol. The first-order valence-electron chi connectivity index (χ1n) is 10.0.